The van der Waals surface area contributed by atoms with Crippen LogP contribution in [0.2, 0.25) is 5.02 Å². The van der Waals surface area contributed by atoms with Gasteiger partial charge in [0.25, 0.3) is 5.56 Å². The molecule has 2 amide bonds. The van der Waals surface area contributed by atoms with Crippen molar-refractivity contribution >= 4 is 39.2 Å². The maximum Gasteiger partial charge on any atom is 0.318 e. The number of benzene rings is 1. The van der Waals surface area contributed by atoms with E-state index in [0.717, 1.165) is 5.56 Å². The highest BCUT2D eigenvalue weighted by atomic mass is 35.5. The number of amides is 2. The van der Waals surface area contributed by atoms with Crippen LogP contribution in [0.1, 0.15) is 31.3 Å². The number of carbonyl (C=O) groups is 1. The summed E-state index contributed by atoms with van der Waals surface area (Å²) >= 11 is 7.31. The van der Waals surface area contributed by atoms with E-state index >= 15 is 0 Å². The van der Waals surface area contributed by atoms with Crippen molar-refractivity contribution in [2.24, 2.45) is 5.92 Å². The second kappa shape index (κ2) is 8.10. The zero-order chi connectivity index (χ0) is 19.6. The largest absolute Gasteiger partial charge is 0.331 e. The van der Waals surface area contributed by atoms with Gasteiger partial charge in [0.1, 0.15) is 10.5 Å². The van der Waals surface area contributed by atoms with E-state index in [1.165, 1.54) is 16.2 Å². The fourth-order valence-corrected chi connectivity index (χ4v) is 3.69. The molecule has 1 aromatic carbocycles. The van der Waals surface area contributed by atoms with Gasteiger partial charge in [-0.2, -0.15) is 0 Å². The Bertz CT molecular complexity index is 997. The Morgan fingerprint density at radius 3 is 2.67 bits per heavy atom. The van der Waals surface area contributed by atoms with Crippen molar-refractivity contribution in [2.75, 3.05) is 7.05 Å². The molecule has 6 nitrogen and oxygen atoms in total. The number of rotatable bonds is 5. The van der Waals surface area contributed by atoms with Crippen molar-refractivity contribution in [1.82, 2.24) is 20.2 Å². The van der Waals surface area contributed by atoms with Gasteiger partial charge in [0, 0.05) is 12.1 Å². The number of urea groups is 1. The topological polar surface area (TPSA) is 78.1 Å². The predicted octanol–water partition coefficient (Wildman–Crippen LogP) is 4.18. The van der Waals surface area contributed by atoms with Gasteiger partial charge in [-0.3, -0.25) is 4.79 Å². The van der Waals surface area contributed by atoms with Crippen molar-refractivity contribution in [3.63, 3.8) is 0 Å². The SMILES string of the molecule is CC(C)[C@@H](NC(=O)N(C)Cc1nc2ccsc2c(=O)[nH]1)c1ccc(Cl)cc1. The van der Waals surface area contributed by atoms with Gasteiger partial charge < -0.3 is 15.2 Å². The minimum absolute atomic E-state index is 0.149. The van der Waals surface area contributed by atoms with Crippen LogP contribution in [0.15, 0.2) is 40.5 Å². The zero-order valence-electron chi connectivity index (χ0n) is 15.3. The van der Waals surface area contributed by atoms with Gasteiger partial charge in [-0.1, -0.05) is 37.6 Å². The van der Waals surface area contributed by atoms with E-state index in [1.807, 2.05) is 43.5 Å². The number of H-pyrrole nitrogens is 1. The summed E-state index contributed by atoms with van der Waals surface area (Å²) in [4.78, 5) is 33.4. The molecule has 0 aliphatic heterocycles. The molecule has 0 saturated heterocycles. The van der Waals surface area contributed by atoms with Crippen molar-refractivity contribution in [1.29, 1.82) is 0 Å². The zero-order valence-corrected chi connectivity index (χ0v) is 16.9. The second-order valence-corrected chi connectivity index (χ2v) is 8.08. The maximum atomic E-state index is 12.7. The quantitative estimate of drug-likeness (QED) is 0.669. The molecule has 0 spiro atoms. The summed E-state index contributed by atoms with van der Waals surface area (Å²) in [6.45, 7) is 4.30. The highest BCUT2D eigenvalue weighted by molar-refractivity contribution is 7.17. The summed E-state index contributed by atoms with van der Waals surface area (Å²) < 4.78 is 0.591. The number of thiophene rings is 1. The van der Waals surface area contributed by atoms with E-state index in [2.05, 4.69) is 15.3 Å². The minimum atomic E-state index is -0.239. The predicted molar refractivity (Wildman–Crippen MR) is 109 cm³/mol. The fourth-order valence-electron chi connectivity index (χ4n) is 2.84. The lowest BCUT2D eigenvalue weighted by Crippen LogP contribution is -2.41. The summed E-state index contributed by atoms with van der Waals surface area (Å²) in [6.07, 6.45) is 0. The molecule has 8 heteroatoms. The summed E-state index contributed by atoms with van der Waals surface area (Å²) in [7, 11) is 1.67. The average molecular weight is 405 g/mol. The van der Waals surface area contributed by atoms with Crippen LogP contribution in [-0.2, 0) is 6.54 Å². The molecule has 0 aliphatic rings. The van der Waals surface area contributed by atoms with Crippen molar-refractivity contribution in [2.45, 2.75) is 26.4 Å². The fraction of sp³-hybridized carbons (Fsp3) is 0.316. The number of carbonyl (C=O) groups excluding carboxylic acids is 1. The highest BCUT2D eigenvalue weighted by Gasteiger charge is 2.21. The Balaban J connectivity index is 1.73. The van der Waals surface area contributed by atoms with E-state index in [9.17, 15) is 9.59 Å². The molecule has 1 atom stereocenters. The molecule has 3 rings (SSSR count). The van der Waals surface area contributed by atoms with Gasteiger partial charge in [-0.05, 0) is 35.1 Å². The Labute approximate surface area is 166 Å². The lowest BCUT2D eigenvalue weighted by Gasteiger charge is -2.26. The average Bonchev–Trinajstić information content (AvgIpc) is 3.09. The summed E-state index contributed by atoms with van der Waals surface area (Å²) in [6, 6.07) is 8.86. The Hall–Kier alpha value is -2.38. The molecule has 2 N–H and O–H groups in total. The van der Waals surface area contributed by atoms with Gasteiger partial charge >= 0.3 is 6.03 Å². The first-order valence-electron chi connectivity index (χ1n) is 8.58. The van der Waals surface area contributed by atoms with E-state index < -0.39 is 0 Å². The molecule has 0 aliphatic carbocycles. The Kier molecular flexibility index (Phi) is 5.82. The molecule has 27 heavy (non-hydrogen) atoms. The first-order chi connectivity index (χ1) is 12.8. The number of hydrogen-bond acceptors (Lipinski definition) is 4. The third-order valence-electron chi connectivity index (χ3n) is 4.27. The summed E-state index contributed by atoms with van der Waals surface area (Å²) in [5.74, 6) is 0.653. The Morgan fingerprint density at radius 1 is 1.30 bits per heavy atom. The van der Waals surface area contributed by atoms with Gasteiger partial charge in [0.2, 0.25) is 0 Å². The van der Waals surface area contributed by atoms with Crippen LogP contribution < -0.4 is 10.9 Å². The monoisotopic (exact) mass is 404 g/mol. The van der Waals surface area contributed by atoms with Crippen LogP contribution in [0, 0.1) is 5.92 Å². The molecule has 3 aromatic rings. The summed E-state index contributed by atoms with van der Waals surface area (Å²) in [5.41, 5.74) is 1.45. The first kappa shape index (κ1) is 19.4. The lowest BCUT2D eigenvalue weighted by molar-refractivity contribution is 0.197. The van der Waals surface area contributed by atoms with Crippen LogP contribution in [0.25, 0.3) is 10.2 Å². The molecule has 0 bridgehead atoms. The smallest absolute Gasteiger partial charge is 0.318 e. The molecule has 2 heterocycles. The molecule has 2 aromatic heterocycles. The number of halogens is 1. The standard InChI is InChI=1S/C19H21ClN4O2S/c1-11(2)16(12-4-6-13(20)7-5-12)23-19(26)24(3)10-15-21-14-8-9-27-17(14)18(25)22-15/h4-9,11,16H,10H2,1-3H3,(H,23,26)(H,21,22,25)/t16-/m1/s1. The number of nitrogens with one attached hydrogen (secondary N) is 2. The van der Waals surface area contributed by atoms with E-state index in [-0.39, 0.29) is 30.1 Å². The lowest BCUT2D eigenvalue weighted by atomic mass is 9.96. The number of nitrogens with zero attached hydrogens (tertiary/aromatic N) is 2. The van der Waals surface area contributed by atoms with Crippen LogP contribution >= 0.6 is 22.9 Å². The highest BCUT2D eigenvalue weighted by Crippen LogP contribution is 2.23. The minimum Gasteiger partial charge on any atom is -0.331 e. The molecular weight excluding hydrogens is 384 g/mol. The van der Waals surface area contributed by atoms with Crippen molar-refractivity contribution in [3.8, 4) is 0 Å². The van der Waals surface area contributed by atoms with Crippen molar-refractivity contribution in [3.05, 3.63) is 62.5 Å². The molecule has 142 valence electrons. The number of hydrogen-bond donors (Lipinski definition) is 2. The van der Waals surface area contributed by atoms with Gasteiger partial charge in [-0.25, -0.2) is 9.78 Å². The first-order valence-corrected chi connectivity index (χ1v) is 9.84. The van der Waals surface area contributed by atoms with E-state index in [1.54, 1.807) is 13.1 Å². The van der Waals surface area contributed by atoms with E-state index in [4.69, 9.17) is 11.6 Å². The van der Waals surface area contributed by atoms with Gasteiger partial charge in [0.15, 0.2) is 0 Å². The molecule has 0 fully saturated rings. The van der Waals surface area contributed by atoms with E-state index in [0.29, 0.717) is 21.1 Å². The maximum absolute atomic E-state index is 12.7. The van der Waals surface area contributed by atoms with Gasteiger partial charge in [0.05, 0.1) is 18.1 Å². The second-order valence-electron chi connectivity index (χ2n) is 6.73. The summed E-state index contributed by atoms with van der Waals surface area (Å²) in [5, 5.41) is 5.53. The third-order valence-corrected chi connectivity index (χ3v) is 5.43. The number of aromatic nitrogens is 2. The van der Waals surface area contributed by atoms with Crippen LogP contribution in [-0.4, -0.2) is 27.9 Å². The van der Waals surface area contributed by atoms with Gasteiger partial charge in [-0.15, -0.1) is 11.3 Å². The third kappa shape index (κ3) is 4.48. The van der Waals surface area contributed by atoms with Crippen LogP contribution in [0.4, 0.5) is 4.79 Å². The number of aromatic amines is 1. The van der Waals surface area contributed by atoms with Crippen LogP contribution in [0.3, 0.4) is 0 Å². The van der Waals surface area contributed by atoms with Crippen LogP contribution in [0.5, 0.6) is 0 Å². The number of fused-ring (bicyclic) bond motifs is 1. The van der Waals surface area contributed by atoms with Crippen molar-refractivity contribution < 1.29 is 4.79 Å². The molecule has 0 radical (unpaired) electrons. The Morgan fingerprint density at radius 2 is 2.00 bits per heavy atom. The normalized spacial score (nSPS) is 12.3. The molecular formula is C19H21ClN4O2S. The molecule has 0 unspecified atom stereocenters. The molecule has 0 saturated carbocycles.